The standard InChI is InChI=1S/C16H25ClN2O/c1-2-9-19(15-6-4-14(18)5-7-15)11-12-10-13(17)3-8-16(12)20/h3,8,10,14-15,20H,2,4-7,9,11,18H2,1H3. The topological polar surface area (TPSA) is 49.5 Å². The molecule has 0 heterocycles. The van der Waals surface area contributed by atoms with Gasteiger partial charge in [-0.25, -0.2) is 0 Å². The van der Waals surface area contributed by atoms with E-state index in [1.54, 1.807) is 12.1 Å². The summed E-state index contributed by atoms with van der Waals surface area (Å²) in [6, 6.07) is 6.22. The summed E-state index contributed by atoms with van der Waals surface area (Å²) in [7, 11) is 0. The van der Waals surface area contributed by atoms with Crippen LogP contribution in [0.1, 0.15) is 44.6 Å². The summed E-state index contributed by atoms with van der Waals surface area (Å²) in [6.45, 7) is 4.01. The third kappa shape index (κ3) is 4.11. The minimum atomic E-state index is 0.336. The van der Waals surface area contributed by atoms with Gasteiger partial charge in [0.25, 0.3) is 0 Å². The highest BCUT2D eigenvalue weighted by molar-refractivity contribution is 6.30. The highest BCUT2D eigenvalue weighted by atomic mass is 35.5. The third-order valence-corrected chi connectivity index (χ3v) is 4.42. The van der Waals surface area contributed by atoms with Crippen molar-refractivity contribution < 1.29 is 5.11 Å². The minimum absolute atomic E-state index is 0.336. The molecule has 0 aromatic heterocycles. The highest BCUT2D eigenvalue weighted by Gasteiger charge is 2.24. The van der Waals surface area contributed by atoms with Crippen LogP contribution in [-0.2, 0) is 6.54 Å². The Balaban J connectivity index is 2.06. The Morgan fingerprint density at radius 2 is 2.00 bits per heavy atom. The van der Waals surface area contributed by atoms with E-state index in [0.717, 1.165) is 50.8 Å². The van der Waals surface area contributed by atoms with Crippen molar-refractivity contribution in [3.63, 3.8) is 0 Å². The number of benzene rings is 1. The summed E-state index contributed by atoms with van der Waals surface area (Å²) in [5.74, 6) is 0.336. The second-order valence-corrected chi connectivity index (χ2v) is 6.25. The van der Waals surface area contributed by atoms with Crippen LogP contribution in [0.15, 0.2) is 18.2 Å². The number of hydrogen-bond acceptors (Lipinski definition) is 3. The van der Waals surface area contributed by atoms with Crippen molar-refractivity contribution in [2.24, 2.45) is 5.73 Å². The van der Waals surface area contributed by atoms with Crippen molar-refractivity contribution in [1.82, 2.24) is 4.90 Å². The summed E-state index contributed by atoms with van der Waals surface area (Å²) < 4.78 is 0. The van der Waals surface area contributed by atoms with Crippen LogP contribution < -0.4 is 5.73 Å². The molecule has 4 heteroatoms. The molecule has 1 aromatic rings. The van der Waals surface area contributed by atoms with Gasteiger partial charge < -0.3 is 10.8 Å². The van der Waals surface area contributed by atoms with Crippen molar-refractivity contribution in [1.29, 1.82) is 0 Å². The van der Waals surface area contributed by atoms with E-state index in [1.165, 1.54) is 0 Å². The van der Waals surface area contributed by atoms with Gasteiger partial charge in [-0.2, -0.15) is 0 Å². The van der Waals surface area contributed by atoms with Crippen molar-refractivity contribution >= 4 is 11.6 Å². The Kier molecular flexibility index (Phi) is 5.70. The van der Waals surface area contributed by atoms with Crippen molar-refractivity contribution in [2.45, 2.75) is 57.7 Å². The molecular formula is C16H25ClN2O. The van der Waals surface area contributed by atoms with E-state index in [2.05, 4.69) is 11.8 Å². The Morgan fingerprint density at radius 3 is 2.65 bits per heavy atom. The number of nitrogens with zero attached hydrogens (tertiary/aromatic N) is 1. The second kappa shape index (κ2) is 7.30. The first-order chi connectivity index (χ1) is 9.60. The fourth-order valence-electron chi connectivity index (χ4n) is 3.04. The molecule has 2 rings (SSSR count). The van der Waals surface area contributed by atoms with Gasteiger partial charge in [-0.3, -0.25) is 4.90 Å². The molecule has 0 amide bonds. The van der Waals surface area contributed by atoms with Gasteiger partial charge in [-0.15, -0.1) is 0 Å². The van der Waals surface area contributed by atoms with Crippen molar-refractivity contribution in [2.75, 3.05) is 6.54 Å². The van der Waals surface area contributed by atoms with Crippen LogP contribution >= 0.6 is 11.6 Å². The summed E-state index contributed by atoms with van der Waals surface area (Å²) in [5, 5.41) is 10.7. The number of rotatable bonds is 5. The van der Waals surface area contributed by atoms with Gasteiger partial charge in [0, 0.05) is 29.2 Å². The molecule has 1 fully saturated rings. The van der Waals surface area contributed by atoms with Crippen LogP contribution in [0.5, 0.6) is 5.75 Å². The number of phenolic OH excluding ortho intramolecular Hbond substituents is 1. The van der Waals surface area contributed by atoms with Gasteiger partial charge in [0.15, 0.2) is 0 Å². The molecule has 1 aliphatic rings. The van der Waals surface area contributed by atoms with Gasteiger partial charge in [0.1, 0.15) is 5.75 Å². The molecule has 20 heavy (non-hydrogen) atoms. The maximum atomic E-state index is 9.99. The molecule has 0 unspecified atom stereocenters. The Bertz CT molecular complexity index is 430. The number of aromatic hydroxyl groups is 1. The average Bonchev–Trinajstić information content (AvgIpc) is 2.43. The average molecular weight is 297 g/mol. The van der Waals surface area contributed by atoms with Crippen molar-refractivity contribution in [3.8, 4) is 5.75 Å². The monoisotopic (exact) mass is 296 g/mol. The lowest BCUT2D eigenvalue weighted by Gasteiger charge is -2.36. The molecule has 0 spiro atoms. The van der Waals surface area contributed by atoms with Gasteiger partial charge in [0.2, 0.25) is 0 Å². The molecule has 1 aromatic carbocycles. The molecule has 1 saturated carbocycles. The summed E-state index contributed by atoms with van der Waals surface area (Å²) >= 11 is 6.04. The van der Waals surface area contributed by atoms with Crippen molar-refractivity contribution in [3.05, 3.63) is 28.8 Å². The first-order valence-electron chi connectivity index (χ1n) is 7.57. The van der Waals surface area contributed by atoms with Gasteiger partial charge >= 0.3 is 0 Å². The van der Waals surface area contributed by atoms with E-state index in [0.29, 0.717) is 22.9 Å². The largest absolute Gasteiger partial charge is 0.508 e. The van der Waals surface area contributed by atoms with Gasteiger partial charge in [-0.1, -0.05) is 18.5 Å². The first-order valence-corrected chi connectivity index (χ1v) is 7.95. The van der Waals surface area contributed by atoms with Crippen LogP contribution in [0.2, 0.25) is 5.02 Å². The molecule has 112 valence electrons. The zero-order valence-corrected chi connectivity index (χ0v) is 12.9. The summed E-state index contributed by atoms with van der Waals surface area (Å²) in [6.07, 6.45) is 5.63. The van der Waals surface area contributed by atoms with Crippen LogP contribution in [0.4, 0.5) is 0 Å². The molecule has 3 nitrogen and oxygen atoms in total. The normalized spacial score (nSPS) is 23.2. The van der Waals surface area contributed by atoms with Crippen LogP contribution in [0.25, 0.3) is 0 Å². The van der Waals surface area contributed by atoms with E-state index in [1.807, 2.05) is 6.07 Å². The number of phenols is 1. The quantitative estimate of drug-likeness (QED) is 0.874. The molecule has 3 N–H and O–H groups in total. The molecule has 0 saturated heterocycles. The molecular weight excluding hydrogens is 272 g/mol. The predicted molar refractivity (Wildman–Crippen MR) is 84.0 cm³/mol. The fraction of sp³-hybridized carbons (Fsp3) is 0.625. The Hall–Kier alpha value is -0.770. The van der Waals surface area contributed by atoms with E-state index >= 15 is 0 Å². The summed E-state index contributed by atoms with van der Waals surface area (Å²) in [5.41, 5.74) is 6.91. The predicted octanol–water partition coefficient (Wildman–Crippen LogP) is 3.53. The Labute approximate surface area is 126 Å². The molecule has 0 aliphatic heterocycles. The third-order valence-electron chi connectivity index (χ3n) is 4.18. The zero-order valence-electron chi connectivity index (χ0n) is 12.2. The lowest BCUT2D eigenvalue weighted by atomic mass is 9.90. The Morgan fingerprint density at radius 1 is 1.30 bits per heavy atom. The number of hydrogen-bond donors (Lipinski definition) is 2. The van der Waals surface area contributed by atoms with Gasteiger partial charge in [0.05, 0.1) is 0 Å². The van der Waals surface area contributed by atoms with E-state index in [9.17, 15) is 5.11 Å². The van der Waals surface area contributed by atoms with E-state index in [4.69, 9.17) is 17.3 Å². The van der Waals surface area contributed by atoms with Crippen LogP contribution in [0.3, 0.4) is 0 Å². The SMILES string of the molecule is CCCN(Cc1cc(Cl)ccc1O)C1CCC(N)CC1. The lowest BCUT2D eigenvalue weighted by Crippen LogP contribution is -2.40. The number of nitrogens with two attached hydrogens (primary N) is 1. The van der Waals surface area contributed by atoms with Crippen LogP contribution in [-0.4, -0.2) is 28.6 Å². The highest BCUT2D eigenvalue weighted by Crippen LogP contribution is 2.27. The summed E-state index contributed by atoms with van der Waals surface area (Å²) in [4.78, 5) is 2.47. The lowest BCUT2D eigenvalue weighted by molar-refractivity contribution is 0.141. The first kappa shape index (κ1) is 15.6. The van der Waals surface area contributed by atoms with Crippen LogP contribution in [0, 0.1) is 0 Å². The van der Waals surface area contributed by atoms with E-state index in [-0.39, 0.29) is 0 Å². The van der Waals surface area contributed by atoms with E-state index < -0.39 is 0 Å². The zero-order chi connectivity index (χ0) is 14.5. The second-order valence-electron chi connectivity index (χ2n) is 5.81. The number of halogens is 1. The molecule has 0 atom stereocenters. The maximum Gasteiger partial charge on any atom is 0.120 e. The fourth-order valence-corrected chi connectivity index (χ4v) is 3.24. The molecule has 1 aliphatic carbocycles. The molecule has 0 radical (unpaired) electrons. The van der Waals surface area contributed by atoms with Gasteiger partial charge in [-0.05, 0) is 56.8 Å². The smallest absolute Gasteiger partial charge is 0.120 e. The molecule has 0 bridgehead atoms. The maximum absolute atomic E-state index is 9.99. The minimum Gasteiger partial charge on any atom is -0.508 e.